The molecular formula is C50H32N2O3. The largest absolute Gasteiger partial charge is 0.454 e. The van der Waals surface area contributed by atoms with Gasteiger partial charge in [0.2, 0.25) is 0 Å². The lowest BCUT2D eigenvalue weighted by Gasteiger charge is -2.08. The summed E-state index contributed by atoms with van der Waals surface area (Å²) in [6, 6.07) is 59.9. The van der Waals surface area contributed by atoms with Crippen LogP contribution < -0.4 is 0 Å². The van der Waals surface area contributed by atoms with Gasteiger partial charge in [-0.3, -0.25) is 0 Å². The number of fused-ring (bicyclic) bond motifs is 12. The summed E-state index contributed by atoms with van der Waals surface area (Å²) in [5.41, 5.74) is 12.4. The first-order valence-electron chi connectivity index (χ1n) is 18.7. The molecular weight excluding hydrogens is 677 g/mol. The van der Waals surface area contributed by atoms with Gasteiger partial charge in [-0.15, -0.1) is 0 Å². The van der Waals surface area contributed by atoms with Gasteiger partial charge in [0.05, 0.1) is 46.7 Å². The fraction of sp³-hybridized carbons (Fsp3) is 0.0400. The molecule has 5 heteroatoms. The second-order valence-electron chi connectivity index (χ2n) is 14.4. The third kappa shape index (κ3) is 4.51. The number of para-hydroxylation sites is 6. The predicted octanol–water partition coefficient (Wildman–Crippen LogP) is 13.4. The van der Waals surface area contributed by atoms with Gasteiger partial charge in [0.15, 0.2) is 11.2 Å². The van der Waals surface area contributed by atoms with Crippen molar-refractivity contribution in [3.8, 4) is 11.4 Å². The maximum Gasteiger partial charge on any atom is 0.159 e. The van der Waals surface area contributed by atoms with E-state index in [0.717, 1.165) is 88.4 Å². The SMILES string of the molecule is c1cc(-n2c3ccccc3c3ccccc32)c2oc3ccc(COCc4ccc5oc6c(-n7c8ccccc8c8ccccc87)cccc6c5c4)cc3c2c1. The number of nitrogens with zero attached hydrogens (tertiary/aromatic N) is 2. The van der Waals surface area contributed by atoms with E-state index in [1.54, 1.807) is 0 Å². The van der Waals surface area contributed by atoms with Gasteiger partial charge in [-0.25, -0.2) is 0 Å². The Morgan fingerprint density at radius 2 is 0.709 bits per heavy atom. The van der Waals surface area contributed by atoms with E-state index in [1.165, 1.54) is 21.5 Å². The zero-order valence-electron chi connectivity index (χ0n) is 29.7. The second kappa shape index (κ2) is 11.7. The molecule has 4 heterocycles. The zero-order chi connectivity index (χ0) is 36.0. The molecule has 0 aliphatic carbocycles. The minimum absolute atomic E-state index is 0.483. The van der Waals surface area contributed by atoms with Crippen molar-refractivity contribution in [3.63, 3.8) is 0 Å². The highest BCUT2D eigenvalue weighted by Gasteiger charge is 2.19. The van der Waals surface area contributed by atoms with E-state index in [2.05, 4.69) is 179 Å². The molecule has 0 aliphatic rings. The smallest absolute Gasteiger partial charge is 0.159 e. The summed E-state index contributed by atoms with van der Waals surface area (Å²) in [6.45, 7) is 0.967. The highest BCUT2D eigenvalue weighted by atomic mass is 16.5. The molecule has 55 heavy (non-hydrogen) atoms. The van der Waals surface area contributed by atoms with Crippen LogP contribution in [0.5, 0.6) is 0 Å². The first-order valence-corrected chi connectivity index (χ1v) is 18.7. The van der Waals surface area contributed by atoms with Gasteiger partial charge in [0.1, 0.15) is 11.2 Å². The molecule has 0 saturated heterocycles. The Kier molecular flexibility index (Phi) is 6.47. The average Bonchev–Trinajstić information content (AvgIpc) is 3.99. The molecule has 0 unspecified atom stereocenters. The van der Waals surface area contributed by atoms with Crippen LogP contribution in [0.3, 0.4) is 0 Å². The first kappa shape index (κ1) is 30.4. The summed E-state index contributed by atoms with van der Waals surface area (Å²) in [5.74, 6) is 0. The molecule has 0 bridgehead atoms. The Bertz CT molecular complexity index is 3150. The fourth-order valence-electron chi connectivity index (χ4n) is 8.84. The van der Waals surface area contributed by atoms with Crippen molar-refractivity contribution in [2.75, 3.05) is 0 Å². The van der Waals surface area contributed by atoms with Gasteiger partial charge in [0.25, 0.3) is 0 Å². The van der Waals surface area contributed by atoms with Crippen LogP contribution in [0.25, 0.3) is 98.9 Å². The fourth-order valence-corrected chi connectivity index (χ4v) is 8.84. The van der Waals surface area contributed by atoms with E-state index in [0.29, 0.717) is 13.2 Å². The van der Waals surface area contributed by atoms with Crippen LogP contribution in [0, 0.1) is 0 Å². The molecule has 0 radical (unpaired) electrons. The molecule has 8 aromatic carbocycles. The number of aromatic nitrogens is 2. The summed E-state index contributed by atoms with van der Waals surface area (Å²) in [4.78, 5) is 0. The van der Waals surface area contributed by atoms with Crippen molar-refractivity contribution >= 4 is 87.5 Å². The van der Waals surface area contributed by atoms with Crippen molar-refractivity contribution in [3.05, 3.63) is 181 Å². The number of hydrogen-bond acceptors (Lipinski definition) is 3. The minimum atomic E-state index is 0.483. The molecule has 12 aromatic rings. The normalized spacial score (nSPS) is 12.2. The molecule has 0 aliphatic heterocycles. The molecule has 5 nitrogen and oxygen atoms in total. The van der Waals surface area contributed by atoms with Crippen LogP contribution in [0.1, 0.15) is 11.1 Å². The highest BCUT2D eigenvalue weighted by molar-refractivity contribution is 6.14. The van der Waals surface area contributed by atoms with Gasteiger partial charge in [-0.05, 0) is 71.8 Å². The van der Waals surface area contributed by atoms with Crippen LogP contribution in [0.4, 0.5) is 0 Å². The monoisotopic (exact) mass is 708 g/mol. The van der Waals surface area contributed by atoms with Crippen molar-refractivity contribution in [1.29, 1.82) is 0 Å². The molecule has 0 atom stereocenters. The minimum Gasteiger partial charge on any atom is -0.454 e. The van der Waals surface area contributed by atoms with Crippen LogP contribution in [0.15, 0.2) is 179 Å². The Labute approximate surface area is 314 Å². The van der Waals surface area contributed by atoms with E-state index in [4.69, 9.17) is 13.6 Å². The maximum atomic E-state index is 6.60. The van der Waals surface area contributed by atoms with Crippen LogP contribution in [0.2, 0.25) is 0 Å². The lowest BCUT2D eigenvalue weighted by molar-refractivity contribution is 0.107. The highest BCUT2D eigenvalue weighted by Crippen LogP contribution is 2.40. The van der Waals surface area contributed by atoms with E-state index in [9.17, 15) is 0 Å². The number of rotatable bonds is 6. The van der Waals surface area contributed by atoms with E-state index >= 15 is 0 Å². The first-order chi connectivity index (χ1) is 27.3. The molecule has 260 valence electrons. The molecule has 0 saturated carbocycles. The number of furan rings is 2. The third-order valence-corrected chi connectivity index (χ3v) is 11.3. The molecule has 4 aromatic heterocycles. The summed E-state index contributed by atoms with van der Waals surface area (Å²) in [5, 5.41) is 9.28. The van der Waals surface area contributed by atoms with Crippen LogP contribution in [-0.2, 0) is 18.0 Å². The van der Waals surface area contributed by atoms with Gasteiger partial charge in [0, 0.05) is 43.1 Å². The summed E-state index contributed by atoms with van der Waals surface area (Å²) in [7, 11) is 0. The van der Waals surface area contributed by atoms with Gasteiger partial charge >= 0.3 is 0 Å². The van der Waals surface area contributed by atoms with E-state index in [1.807, 2.05) is 0 Å². The van der Waals surface area contributed by atoms with E-state index < -0.39 is 0 Å². The topological polar surface area (TPSA) is 45.4 Å². The van der Waals surface area contributed by atoms with Crippen LogP contribution in [-0.4, -0.2) is 9.13 Å². The summed E-state index contributed by atoms with van der Waals surface area (Å²) >= 11 is 0. The molecule has 12 rings (SSSR count). The van der Waals surface area contributed by atoms with Crippen molar-refractivity contribution in [1.82, 2.24) is 9.13 Å². The number of hydrogen-bond donors (Lipinski definition) is 0. The Morgan fingerprint density at radius 3 is 1.11 bits per heavy atom. The van der Waals surface area contributed by atoms with Gasteiger partial charge in [-0.2, -0.15) is 0 Å². The van der Waals surface area contributed by atoms with Gasteiger partial charge in [-0.1, -0.05) is 109 Å². The number of ether oxygens (including phenoxy) is 1. The Morgan fingerprint density at radius 1 is 0.345 bits per heavy atom. The molecule has 0 amide bonds. The van der Waals surface area contributed by atoms with E-state index in [-0.39, 0.29) is 0 Å². The summed E-state index contributed by atoms with van der Waals surface area (Å²) in [6.07, 6.45) is 0. The Balaban J connectivity index is 0.862. The number of benzene rings is 8. The molecule has 0 spiro atoms. The zero-order valence-corrected chi connectivity index (χ0v) is 29.7. The van der Waals surface area contributed by atoms with Gasteiger partial charge < -0.3 is 22.7 Å². The quantitative estimate of drug-likeness (QED) is 0.173. The maximum absolute atomic E-state index is 6.60. The Hall–Kier alpha value is -7.08. The lowest BCUT2D eigenvalue weighted by atomic mass is 10.1. The second-order valence-corrected chi connectivity index (χ2v) is 14.4. The summed E-state index contributed by atoms with van der Waals surface area (Å²) < 4.78 is 24.2. The standard InChI is InChI=1S/C50H32N2O3/c1-5-17-41-33(11-1)34-12-2-6-18-42(34)51(41)45-21-9-15-37-39-27-31(23-25-47(39)54-49(37)45)29-53-30-32-24-26-48-40(28-32)38-16-10-22-46(50(38)55-48)52-43-19-7-3-13-35(43)36-14-4-8-20-44(36)52/h1-28H,29-30H2. The lowest BCUT2D eigenvalue weighted by Crippen LogP contribution is -1.94. The third-order valence-electron chi connectivity index (χ3n) is 11.3. The molecule has 0 N–H and O–H groups in total. The average molecular weight is 709 g/mol. The molecule has 0 fully saturated rings. The van der Waals surface area contributed by atoms with Crippen molar-refractivity contribution < 1.29 is 13.6 Å². The van der Waals surface area contributed by atoms with Crippen molar-refractivity contribution in [2.24, 2.45) is 0 Å². The predicted molar refractivity (Wildman–Crippen MR) is 225 cm³/mol. The van der Waals surface area contributed by atoms with Crippen LogP contribution >= 0.6 is 0 Å². The van der Waals surface area contributed by atoms with Crippen molar-refractivity contribution in [2.45, 2.75) is 13.2 Å².